The summed E-state index contributed by atoms with van der Waals surface area (Å²) in [6.07, 6.45) is 5.03. The Bertz CT molecular complexity index is 815. The first-order valence-corrected chi connectivity index (χ1v) is 8.53. The van der Waals surface area contributed by atoms with Crippen LogP contribution in [-0.4, -0.2) is 30.2 Å². The highest BCUT2D eigenvalue weighted by atomic mass is 32.2. The number of carboxylic acids is 1. The highest BCUT2D eigenvalue weighted by molar-refractivity contribution is 7.90. The fraction of sp³-hybridized carbons (Fsp3) is 0.143. The molecule has 0 aliphatic rings. The van der Waals surface area contributed by atoms with E-state index in [0.717, 1.165) is 0 Å². The lowest BCUT2D eigenvalue weighted by atomic mass is 10.1. The monoisotopic (exact) mass is 321 g/mol. The molecule has 21 heavy (non-hydrogen) atoms. The summed E-state index contributed by atoms with van der Waals surface area (Å²) in [6.45, 7) is 0. The van der Waals surface area contributed by atoms with Crippen LogP contribution in [0.1, 0.15) is 16.1 Å². The molecule has 0 aliphatic heterocycles. The average molecular weight is 321 g/mol. The van der Waals surface area contributed by atoms with E-state index in [4.69, 9.17) is 11.5 Å². The second-order valence-corrected chi connectivity index (χ2v) is 7.20. The highest BCUT2D eigenvalue weighted by Crippen LogP contribution is 2.25. The number of hydrogen-bond donors (Lipinski definition) is 1. The zero-order chi connectivity index (χ0) is 15.5. The number of sulfone groups is 1. The lowest BCUT2D eigenvalue weighted by Crippen LogP contribution is -2.07. The fourth-order valence-electron chi connectivity index (χ4n) is 1.73. The third-order valence-electron chi connectivity index (χ3n) is 2.59. The number of rotatable bonds is 5. The molecule has 1 aromatic heterocycles. The van der Waals surface area contributed by atoms with Crippen LogP contribution in [0.4, 0.5) is 0 Å². The molecule has 0 saturated carbocycles. The van der Waals surface area contributed by atoms with Crippen molar-refractivity contribution in [2.24, 2.45) is 0 Å². The molecule has 0 aliphatic carbocycles. The molecule has 0 fully saturated rings. The van der Waals surface area contributed by atoms with Gasteiger partial charge in [-0.15, -0.1) is 17.8 Å². The summed E-state index contributed by atoms with van der Waals surface area (Å²) in [4.78, 5) is 14.8. The van der Waals surface area contributed by atoms with Crippen LogP contribution in [0.25, 0.3) is 10.6 Å². The van der Waals surface area contributed by atoms with E-state index in [1.54, 1.807) is 24.3 Å². The van der Waals surface area contributed by atoms with E-state index in [9.17, 15) is 13.2 Å². The number of carbonyl (C=O) groups is 1. The Hall–Kier alpha value is -2.17. The van der Waals surface area contributed by atoms with Gasteiger partial charge in [0.2, 0.25) is 0 Å². The fourth-order valence-corrected chi connectivity index (χ4v) is 3.56. The maximum Gasteiger partial charge on any atom is 0.355 e. The number of aromatic nitrogens is 1. The van der Waals surface area contributed by atoms with E-state index in [0.29, 0.717) is 16.1 Å². The van der Waals surface area contributed by atoms with Gasteiger partial charge in [-0.3, -0.25) is 0 Å². The molecular formula is C14H11NO4S2. The van der Waals surface area contributed by atoms with E-state index in [1.165, 1.54) is 16.7 Å². The minimum Gasteiger partial charge on any atom is -0.476 e. The standard InChI is InChI=1S/C14H11NO4S2/c1-2-6-21(18,19)9-10-4-3-5-11(7-10)13-15-12(8-20-13)14(16)17/h1,3-5,7-8H,6,9H2,(H,16,17). The van der Waals surface area contributed by atoms with Gasteiger partial charge in [0.25, 0.3) is 0 Å². The van der Waals surface area contributed by atoms with Crippen LogP contribution in [0.2, 0.25) is 0 Å². The normalized spacial score (nSPS) is 11.0. The molecule has 0 saturated heterocycles. The van der Waals surface area contributed by atoms with Gasteiger partial charge in [-0.25, -0.2) is 18.2 Å². The van der Waals surface area contributed by atoms with Crippen LogP contribution >= 0.6 is 11.3 Å². The van der Waals surface area contributed by atoms with Crippen molar-refractivity contribution in [2.45, 2.75) is 5.75 Å². The summed E-state index contributed by atoms with van der Waals surface area (Å²) < 4.78 is 23.4. The topological polar surface area (TPSA) is 84.3 Å². The molecule has 1 N–H and O–H groups in total. The molecule has 1 aromatic carbocycles. The van der Waals surface area contributed by atoms with Gasteiger partial charge in [0, 0.05) is 10.9 Å². The first kappa shape index (κ1) is 15.2. The van der Waals surface area contributed by atoms with Gasteiger partial charge in [0.15, 0.2) is 15.5 Å². The summed E-state index contributed by atoms with van der Waals surface area (Å²) >= 11 is 1.19. The Balaban J connectivity index is 2.29. The van der Waals surface area contributed by atoms with Crippen molar-refractivity contribution in [1.82, 2.24) is 4.98 Å². The Morgan fingerprint density at radius 1 is 1.43 bits per heavy atom. The smallest absolute Gasteiger partial charge is 0.355 e. The van der Waals surface area contributed by atoms with Crippen molar-refractivity contribution in [3.8, 4) is 22.9 Å². The first-order chi connectivity index (χ1) is 9.91. The summed E-state index contributed by atoms with van der Waals surface area (Å²) in [5.74, 6) is 0.576. The van der Waals surface area contributed by atoms with E-state index in [-0.39, 0.29) is 17.2 Å². The number of nitrogens with zero attached hydrogens (tertiary/aromatic N) is 1. The summed E-state index contributed by atoms with van der Waals surface area (Å²) in [6, 6.07) is 6.82. The van der Waals surface area contributed by atoms with E-state index in [1.807, 2.05) is 0 Å². The Morgan fingerprint density at radius 2 is 2.19 bits per heavy atom. The quantitative estimate of drug-likeness (QED) is 0.852. The summed E-state index contributed by atoms with van der Waals surface area (Å²) in [7, 11) is -3.34. The highest BCUT2D eigenvalue weighted by Gasteiger charge is 2.13. The van der Waals surface area contributed by atoms with Crippen LogP contribution < -0.4 is 0 Å². The number of thiazole rings is 1. The van der Waals surface area contributed by atoms with Gasteiger partial charge < -0.3 is 5.11 Å². The number of terminal acetylenes is 1. The Morgan fingerprint density at radius 3 is 2.81 bits per heavy atom. The third-order valence-corrected chi connectivity index (χ3v) is 4.86. The molecule has 0 radical (unpaired) electrons. The molecule has 7 heteroatoms. The van der Waals surface area contributed by atoms with Crippen molar-refractivity contribution in [1.29, 1.82) is 0 Å². The summed E-state index contributed by atoms with van der Waals surface area (Å²) in [5, 5.41) is 10.8. The van der Waals surface area contributed by atoms with Gasteiger partial charge in [-0.05, 0) is 11.6 Å². The molecule has 2 aromatic rings. The predicted octanol–water partition coefficient (Wildman–Crippen LogP) is 2.06. The van der Waals surface area contributed by atoms with Crippen LogP contribution in [-0.2, 0) is 15.6 Å². The minimum atomic E-state index is -3.34. The van der Waals surface area contributed by atoms with Crippen LogP contribution in [0.15, 0.2) is 29.6 Å². The maximum absolute atomic E-state index is 11.7. The zero-order valence-corrected chi connectivity index (χ0v) is 12.4. The minimum absolute atomic E-state index is 0.0274. The molecule has 108 valence electrons. The Kier molecular flexibility index (Phi) is 4.40. The SMILES string of the molecule is C#CCS(=O)(=O)Cc1cccc(-c2nc(C(=O)O)cs2)c1. The molecule has 0 atom stereocenters. The van der Waals surface area contributed by atoms with E-state index >= 15 is 0 Å². The van der Waals surface area contributed by atoms with Gasteiger partial charge in [-0.2, -0.15) is 0 Å². The molecular weight excluding hydrogens is 310 g/mol. The molecule has 1 heterocycles. The van der Waals surface area contributed by atoms with Gasteiger partial charge in [0.05, 0.1) is 5.75 Å². The molecule has 0 amide bonds. The van der Waals surface area contributed by atoms with Crippen molar-refractivity contribution >= 4 is 27.1 Å². The molecule has 0 spiro atoms. The molecule has 0 unspecified atom stereocenters. The third kappa shape index (κ3) is 3.90. The second-order valence-electron chi connectivity index (χ2n) is 4.28. The van der Waals surface area contributed by atoms with Crippen molar-refractivity contribution < 1.29 is 18.3 Å². The van der Waals surface area contributed by atoms with Crippen LogP contribution in [0, 0.1) is 12.3 Å². The lowest BCUT2D eigenvalue weighted by Gasteiger charge is -2.03. The molecule has 5 nitrogen and oxygen atoms in total. The number of benzene rings is 1. The maximum atomic E-state index is 11.7. The lowest BCUT2D eigenvalue weighted by molar-refractivity contribution is 0.0691. The van der Waals surface area contributed by atoms with Crippen LogP contribution in [0.5, 0.6) is 0 Å². The van der Waals surface area contributed by atoms with E-state index < -0.39 is 15.8 Å². The van der Waals surface area contributed by atoms with Gasteiger partial charge in [0.1, 0.15) is 10.8 Å². The average Bonchev–Trinajstić information content (AvgIpc) is 2.88. The van der Waals surface area contributed by atoms with Crippen molar-refractivity contribution in [3.05, 3.63) is 40.9 Å². The molecule has 0 bridgehead atoms. The van der Waals surface area contributed by atoms with Gasteiger partial charge in [-0.1, -0.05) is 24.1 Å². The second kappa shape index (κ2) is 6.08. The number of hydrogen-bond acceptors (Lipinski definition) is 5. The van der Waals surface area contributed by atoms with Gasteiger partial charge >= 0.3 is 5.97 Å². The Labute approximate surface area is 126 Å². The number of carboxylic acid groups (broad SMARTS) is 1. The predicted molar refractivity (Wildman–Crippen MR) is 80.8 cm³/mol. The van der Waals surface area contributed by atoms with Crippen LogP contribution in [0.3, 0.4) is 0 Å². The molecule has 2 rings (SSSR count). The number of aromatic carboxylic acids is 1. The van der Waals surface area contributed by atoms with Crippen molar-refractivity contribution in [3.63, 3.8) is 0 Å². The van der Waals surface area contributed by atoms with E-state index in [2.05, 4.69) is 10.9 Å². The summed E-state index contributed by atoms with van der Waals surface area (Å²) in [5.41, 5.74) is 1.25. The van der Waals surface area contributed by atoms with Crippen molar-refractivity contribution in [2.75, 3.05) is 5.75 Å². The zero-order valence-electron chi connectivity index (χ0n) is 10.8. The first-order valence-electron chi connectivity index (χ1n) is 5.83. The largest absolute Gasteiger partial charge is 0.476 e.